The lowest BCUT2D eigenvalue weighted by Gasteiger charge is -2.27. The largest absolute Gasteiger partial charge is 0.388 e. The van der Waals surface area contributed by atoms with Gasteiger partial charge in [-0.05, 0) is 89.1 Å². The summed E-state index contributed by atoms with van der Waals surface area (Å²) in [5, 5.41) is 11.3. The van der Waals surface area contributed by atoms with Gasteiger partial charge in [-0.15, -0.1) is 0 Å². The molecule has 2 aromatic carbocycles. The van der Waals surface area contributed by atoms with Gasteiger partial charge in [0, 0.05) is 8.59 Å². The van der Waals surface area contributed by atoms with Crippen molar-refractivity contribution < 1.29 is 5.11 Å². The third-order valence-corrected chi connectivity index (χ3v) is 5.54. The van der Waals surface area contributed by atoms with Crippen molar-refractivity contribution in [3.05, 3.63) is 67.7 Å². The van der Waals surface area contributed by atoms with E-state index in [2.05, 4.69) is 46.9 Å². The van der Waals surface area contributed by atoms with Gasteiger partial charge in [0.2, 0.25) is 0 Å². The van der Waals surface area contributed by atoms with Gasteiger partial charge in [0.05, 0.1) is 6.10 Å². The molecule has 2 aromatic rings. The third kappa shape index (κ3) is 3.43. The summed E-state index contributed by atoms with van der Waals surface area (Å²) in [6.07, 6.45) is 3.85. The zero-order chi connectivity index (χ0) is 14.8. The SMILES string of the molecule is OC(CC1CCCc2ccccc21)c1cc(Cl)ccc1I. The molecule has 0 saturated carbocycles. The molecule has 110 valence electrons. The van der Waals surface area contributed by atoms with Gasteiger partial charge >= 0.3 is 0 Å². The summed E-state index contributed by atoms with van der Waals surface area (Å²) in [6.45, 7) is 0. The molecule has 0 heterocycles. The molecule has 21 heavy (non-hydrogen) atoms. The highest BCUT2D eigenvalue weighted by atomic mass is 127. The maximum Gasteiger partial charge on any atom is 0.0806 e. The highest BCUT2D eigenvalue weighted by Crippen LogP contribution is 2.38. The van der Waals surface area contributed by atoms with E-state index in [9.17, 15) is 5.11 Å². The predicted molar refractivity (Wildman–Crippen MR) is 95.9 cm³/mol. The maximum atomic E-state index is 10.6. The van der Waals surface area contributed by atoms with Crippen LogP contribution in [0.3, 0.4) is 0 Å². The molecule has 3 heteroatoms. The van der Waals surface area contributed by atoms with Crippen molar-refractivity contribution in [2.45, 2.75) is 37.7 Å². The molecule has 2 atom stereocenters. The Morgan fingerprint density at radius 2 is 2.05 bits per heavy atom. The first-order valence-corrected chi connectivity index (χ1v) is 8.81. The Bertz CT molecular complexity index is 641. The molecule has 0 saturated heterocycles. The zero-order valence-corrected chi connectivity index (χ0v) is 14.6. The Kier molecular flexibility index (Phi) is 4.87. The van der Waals surface area contributed by atoms with Gasteiger partial charge in [-0.25, -0.2) is 0 Å². The molecule has 0 aliphatic heterocycles. The third-order valence-electron chi connectivity index (χ3n) is 4.32. The number of hydrogen-bond donors (Lipinski definition) is 1. The molecule has 0 radical (unpaired) electrons. The smallest absolute Gasteiger partial charge is 0.0806 e. The predicted octanol–water partition coefficient (Wildman–Crippen LogP) is 5.49. The summed E-state index contributed by atoms with van der Waals surface area (Å²) in [6, 6.07) is 14.4. The quantitative estimate of drug-likeness (QED) is 0.661. The average Bonchev–Trinajstić information content (AvgIpc) is 2.50. The van der Waals surface area contributed by atoms with Crippen LogP contribution in [0.2, 0.25) is 5.02 Å². The molecule has 1 aliphatic carbocycles. The maximum absolute atomic E-state index is 10.6. The molecule has 1 N–H and O–H groups in total. The second-order valence-corrected chi connectivity index (χ2v) is 7.30. The standard InChI is InChI=1S/C18H18ClIO/c19-14-8-9-17(20)16(11-14)18(21)10-13-6-3-5-12-4-1-2-7-15(12)13/h1-2,4,7-9,11,13,18,21H,3,5-6,10H2. The lowest BCUT2D eigenvalue weighted by atomic mass is 9.79. The van der Waals surface area contributed by atoms with E-state index < -0.39 is 6.10 Å². The fourth-order valence-electron chi connectivity index (χ4n) is 3.27. The first kappa shape index (κ1) is 15.3. The van der Waals surface area contributed by atoms with Crippen LogP contribution in [0.5, 0.6) is 0 Å². The second-order valence-electron chi connectivity index (χ2n) is 5.71. The Balaban J connectivity index is 1.82. The van der Waals surface area contributed by atoms with Gasteiger partial charge in [0.15, 0.2) is 0 Å². The molecular weight excluding hydrogens is 395 g/mol. The Morgan fingerprint density at radius 3 is 2.90 bits per heavy atom. The van der Waals surface area contributed by atoms with Gasteiger partial charge in [-0.3, -0.25) is 0 Å². The lowest BCUT2D eigenvalue weighted by molar-refractivity contribution is 0.153. The molecular formula is C18H18ClIO. The molecule has 0 spiro atoms. The van der Waals surface area contributed by atoms with Gasteiger partial charge in [-0.2, -0.15) is 0 Å². The van der Waals surface area contributed by atoms with Crippen LogP contribution in [0.1, 0.15) is 48.0 Å². The second kappa shape index (κ2) is 6.67. The summed E-state index contributed by atoms with van der Waals surface area (Å²) < 4.78 is 1.08. The number of aliphatic hydroxyl groups excluding tert-OH is 1. The first-order chi connectivity index (χ1) is 10.1. The molecule has 1 aliphatic rings. The number of fused-ring (bicyclic) bond motifs is 1. The number of hydrogen-bond acceptors (Lipinski definition) is 1. The molecule has 0 fully saturated rings. The van der Waals surface area contributed by atoms with Crippen molar-refractivity contribution in [3.8, 4) is 0 Å². The summed E-state index contributed by atoms with van der Waals surface area (Å²) in [7, 11) is 0. The number of rotatable bonds is 3. The van der Waals surface area contributed by atoms with E-state index in [0.717, 1.165) is 28.4 Å². The minimum absolute atomic E-state index is 0.444. The van der Waals surface area contributed by atoms with Gasteiger partial charge in [-0.1, -0.05) is 35.9 Å². The van der Waals surface area contributed by atoms with Crippen molar-refractivity contribution in [2.24, 2.45) is 0 Å². The van der Waals surface area contributed by atoms with E-state index in [1.807, 2.05) is 18.2 Å². The molecule has 0 amide bonds. The fourth-order valence-corrected chi connectivity index (χ4v) is 4.14. The van der Waals surface area contributed by atoms with E-state index in [1.54, 1.807) is 0 Å². The van der Waals surface area contributed by atoms with Crippen LogP contribution in [0.25, 0.3) is 0 Å². The zero-order valence-electron chi connectivity index (χ0n) is 11.7. The molecule has 0 aromatic heterocycles. The summed E-state index contributed by atoms with van der Waals surface area (Å²) in [5.41, 5.74) is 3.81. The fraction of sp³-hybridized carbons (Fsp3) is 0.333. The van der Waals surface area contributed by atoms with Crippen LogP contribution >= 0.6 is 34.2 Å². The monoisotopic (exact) mass is 412 g/mol. The van der Waals surface area contributed by atoms with Crippen molar-refractivity contribution in [3.63, 3.8) is 0 Å². The van der Waals surface area contributed by atoms with E-state index >= 15 is 0 Å². The lowest BCUT2D eigenvalue weighted by Crippen LogP contribution is -2.13. The number of halogens is 2. The summed E-state index contributed by atoms with van der Waals surface area (Å²) in [4.78, 5) is 0. The van der Waals surface area contributed by atoms with Crippen LogP contribution in [0.15, 0.2) is 42.5 Å². The highest BCUT2D eigenvalue weighted by Gasteiger charge is 2.24. The average molecular weight is 413 g/mol. The van der Waals surface area contributed by atoms with E-state index in [-0.39, 0.29) is 0 Å². The number of benzene rings is 2. The number of aliphatic hydroxyl groups is 1. The molecule has 2 unspecified atom stereocenters. The highest BCUT2D eigenvalue weighted by molar-refractivity contribution is 14.1. The van der Waals surface area contributed by atoms with Crippen LogP contribution in [-0.4, -0.2) is 5.11 Å². The Labute approximate surface area is 144 Å². The minimum Gasteiger partial charge on any atom is -0.388 e. The molecule has 0 bridgehead atoms. The van der Waals surface area contributed by atoms with Crippen LogP contribution in [0.4, 0.5) is 0 Å². The van der Waals surface area contributed by atoms with Crippen molar-refractivity contribution in [1.29, 1.82) is 0 Å². The van der Waals surface area contributed by atoms with Crippen LogP contribution in [0, 0.1) is 3.57 Å². The van der Waals surface area contributed by atoms with Crippen molar-refractivity contribution in [2.75, 3.05) is 0 Å². The van der Waals surface area contributed by atoms with Crippen LogP contribution < -0.4 is 0 Å². The topological polar surface area (TPSA) is 20.2 Å². The molecule has 3 rings (SSSR count). The van der Waals surface area contributed by atoms with Crippen LogP contribution in [-0.2, 0) is 6.42 Å². The van der Waals surface area contributed by atoms with Gasteiger partial charge < -0.3 is 5.11 Å². The van der Waals surface area contributed by atoms with Crippen molar-refractivity contribution in [1.82, 2.24) is 0 Å². The molecule has 1 nitrogen and oxygen atoms in total. The Hall–Kier alpha value is -0.580. The first-order valence-electron chi connectivity index (χ1n) is 7.36. The van der Waals surface area contributed by atoms with E-state index in [1.165, 1.54) is 17.5 Å². The summed E-state index contributed by atoms with van der Waals surface area (Å²) in [5.74, 6) is 0.444. The Morgan fingerprint density at radius 1 is 1.24 bits per heavy atom. The van der Waals surface area contributed by atoms with Gasteiger partial charge in [0.1, 0.15) is 0 Å². The minimum atomic E-state index is -0.452. The number of aryl methyl sites for hydroxylation is 1. The van der Waals surface area contributed by atoms with Crippen molar-refractivity contribution >= 4 is 34.2 Å². The van der Waals surface area contributed by atoms with E-state index in [4.69, 9.17) is 11.6 Å². The normalized spacial score (nSPS) is 19.1. The van der Waals surface area contributed by atoms with E-state index in [0.29, 0.717) is 10.9 Å². The summed E-state index contributed by atoms with van der Waals surface area (Å²) >= 11 is 8.34. The van der Waals surface area contributed by atoms with Gasteiger partial charge in [0.25, 0.3) is 0 Å².